The molecule has 0 atom stereocenters. The van der Waals surface area contributed by atoms with E-state index in [0.29, 0.717) is 22.9 Å². The fourth-order valence-corrected chi connectivity index (χ4v) is 7.98. The minimum Gasteiger partial charge on any atom is -0.489 e. The third-order valence-electron chi connectivity index (χ3n) is 8.81. The van der Waals surface area contributed by atoms with Crippen LogP contribution in [-0.2, 0) is 20.8 Å². The molecule has 10 heteroatoms. The van der Waals surface area contributed by atoms with Crippen LogP contribution in [0.1, 0.15) is 62.0 Å². The van der Waals surface area contributed by atoms with Crippen LogP contribution >= 0.6 is 11.6 Å². The molecule has 3 aliphatic rings. The first-order valence-electron chi connectivity index (χ1n) is 13.6. The number of ether oxygens (including phenoxy) is 1. The predicted molar refractivity (Wildman–Crippen MR) is 154 cm³/mol. The lowest BCUT2D eigenvalue weighted by Gasteiger charge is -2.65. The smallest absolute Gasteiger partial charge is 0.264 e. The molecule has 2 aliphatic heterocycles. The van der Waals surface area contributed by atoms with Crippen molar-refractivity contribution in [3.05, 3.63) is 58.1 Å². The van der Waals surface area contributed by atoms with Crippen molar-refractivity contribution >= 4 is 33.3 Å². The van der Waals surface area contributed by atoms with Crippen LogP contribution in [0.15, 0.2) is 36.4 Å². The first kappa shape index (κ1) is 28.7. The third-order valence-corrected chi connectivity index (χ3v) is 9.68. The number of fused-ring (bicyclic) bond motifs is 1. The number of carbonyl (C=O) groups excluding carboxylic acids is 1. The Morgan fingerprint density at radius 2 is 1.75 bits per heavy atom. The Hall–Kier alpha value is -2.80. The van der Waals surface area contributed by atoms with Gasteiger partial charge in [0.2, 0.25) is 0 Å². The average Bonchev–Trinajstić information content (AvgIpc) is 3.20. The highest BCUT2D eigenvalue weighted by atomic mass is 35.5. The van der Waals surface area contributed by atoms with Gasteiger partial charge in [-0.2, -0.15) is 13.7 Å². The molecule has 2 aromatic rings. The molecule has 5 rings (SSSR count). The summed E-state index contributed by atoms with van der Waals surface area (Å²) in [4.78, 5) is 17.9. The van der Waals surface area contributed by atoms with E-state index in [1.807, 2.05) is 17.0 Å². The molecule has 0 unspecified atom stereocenters. The lowest BCUT2D eigenvalue weighted by Crippen LogP contribution is -2.74. The Kier molecular flexibility index (Phi) is 7.35. The SMILES string of the molecule is CC1(C)C(Oc2ccc(C#N)c(Cl)c2)C(C)(C)C1N1Cc2cc(N3CCC(COS(C)(=O)=O)CC3)ccc2C1=O. The monoisotopic (exact) mass is 585 g/mol. The molecule has 2 aromatic carbocycles. The molecule has 214 valence electrons. The third kappa shape index (κ3) is 5.17. The highest BCUT2D eigenvalue weighted by Gasteiger charge is 2.67. The maximum atomic E-state index is 13.6. The molecule has 1 amide bonds. The second-order valence-corrected chi connectivity index (χ2v) is 14.5. The summed E-state index contributed by atoms with van der Waals surface area (Å²) in [5.74, 6) is 0.876. The van der Waals surface area contributed by atoms with Gasteiger partial charge in [-0.3, -0.25) is 8.98 Å². The zero-order valence-corrected chi connectivity index (χ0v) is 25.2. The Labute approximate surface area is 241 Å². The summed E-state index contributed by atoms with van der Waals surface area (Å²) < 4.78 is 34.1. The summed E-state index contributed by atoms with van der Waals surface area (Å²) in [6, 6.07) is 13.2. The quantitative estimate of drug-likeness (QED) is 0.410. The zero-order valence-electron chi connectivity index (χ0n) is 23.6. The van der Waals surface area contributed by atoms with Crippen molar-refractivity contribution in [2.24, 2.45) is 16.7 Å². The summed E-state index contributed by atoms with van der Waals surface area (Å²) in [6.45, 7) is 11.0. The van der Waals surface area contributed by atoms with Crippen LogP contribution in [0.3, 0.4) is 0 Å². The van der Waals surface area contributed by atoms with Gasteiger partial charge in [-0.25, -0.2) is 0 Å². The van der Waals surface area contributed by atoms with Gasteiger partial charge in [0, 0.05) is 53.8 Å². The predicted octanol–water partition coefficient (Wildman–Crippen LogP) is 5.24. The molecule has 0 bridgehead atoms. The molecule has 2 heterocycles. The number of halogens is 1. The van der Waals surface area contributed by atoms with Crippen molar-refractivity contribution in [2.75, 3.05) is 30.9 Å². The summed E-state index contributed by atoms with van der Waals surface area (Å²) >= 11 is 6.24. The van der Waals surface area contributed by atoms with Crippen LogP contribution in [-0.4, -0.2) is 57.3 Å². The van der Waals surface area contributed by atoms with Gasteiger partial charge in [-0.1, -0.05) is 39.3 Å². The number of hydrogen-bond donors (Lipinski definition) is 0. The van der Waals surface area contributed by atoms with Crippen LogP contribution in [0.2, 0.25) is 5.02 Å². The largest absolute Gasteiger partial charge is 0.489 e. The molecule has 1 saturated carbocycles. The van der Waals surface area contributed by atoms with E-state index in [2.05, 4.69) is 44.7 Å². The highest BCUT2D eigenvalue weighted by molar-refractivity contribution is 7.85. The topological polar surface area (TPSA) is 99.9 Å². The van der Waals surface area contributed by atoms with Crippen molar-refractivity contribution in [2.45, 2.75) is 59.2 Å². The van der Waals surface area contributed by atoms with Gasteiger partial charge >= 0.3 is 0 Å². The van der Waals surface area contributed by atoms with Crippen molar-refractivity contribution < 1.29 is 22.1 Å². The Bertz CT molecular complexity index is 1460. The normalized spacial score (nSPS) is 23.9. The van der Waals surface area contributed by atoms with Crippen LogP contribution in [0, 0.1) is 28.1 Å². The first-order valence-corrected chi connectivity index (χ1v) is 15.8. The van der Waals surface area contributed by atoms with E-state index < -0.39 is 10.1 Å². The van der Waals surface area contributed by atoms with Gasteiger partial charge in [0.1, 0.15) is 17.9 Å². The fraction of sp³-hybridized carbons (Fsp3) is 0.533. The van der Waals surface area contributed by atoms with Gasteiger partial charge in [0.25, 0.3) is 16.0 Å². The number of carbonyl (C=O) groups is 1. The minimum absolute atomic E-state index is 0.0345. The number of nitriles is 1. The maximum Gasteiger partial charge on any atom is 0.264 e. The maximum absolute atomic E-state index is 13.6. The second-order valence-electron chi connectivity index (χ2n) is 12.5. The molecule has 0 N–H and O–H groups in total. The van der Waals surface area contributed by atoms with Gasteiger partial charge < -0.3 is 14.5 Å². The lowest BCUT2D eigenvalue weighted by molar-refractivity contribution is -0.199. The number of piperidine rings is 1. The zero-order chi connectivity index (χ0) is 29.0. The standard InChI is InChI=1S/C30H36ClN3O5S/c1-29(2)27(30(3,4)28(29)39-23-8-6-20(16-32)25(31)15-23)34-17-21-14-22(7-9-24(21)26(34)35)33-12-10-19(11-13-33)18-38-40(5,36)37/h6-9,14-15,19,27-28H,10-13,17-18H2,1-5H3. The first-order chi connectivity index (χ1) is 18.7. The Balaban J connectivity index is 1.27. The molecular weight excluding hydrogens is 550 g/mol. The molecule has 1 aliphatic carbocycles. The number of anilines is 1. The number of rotatable bonds is 7. The van der Waals surface area contributed by atoms with Gasteiger partial charge in [0.05, 0.1) is 23.4 Å². The van der Waals surface area contributed by atoms with Crippen molar-refractivity contribution in [3.63, 3.8) is 0 Å². The van der Waals surface area contributed by atoms with Crippen molar-refractivity contribution in [1.82, 2.24) is 4.90 Å². The van der Waals surface area contributed by atoms with Crippen molar-refractivity contribution in [3.8, 4) is 11.8 Å². The van der Waals surface area contributed by atoms with E-state index in [0.717, 1.165) is 49.0 Å². The Morgan fingerprint density at radius 3 is 2.35 bits per heavy atom. The number of hydrogen-bond acceptors (Lipinski definition) is 7. The lowest BCUT2D eigenvalue weighted by atomic mass is 9.49. The minimum atomic E-state index is -3.43. The molecule has 0 radical (unpaired) electrons. The highest BCUT2D eigenvalue weighted by Crippen LogP contribution is 2.59. The second kappa shape index (κ2) is 10.2. The van der Waals surface area contributed by atoms with Crippen LogP contribution < -0.4 is 9.64 Å². The van der Waals surface area contributed by atoms with Crippen LogP contribution in [0.4, 0.5) is 5.69 Å². The van der Waals surface area contributed by atoms with E-state index in [-0.39, 0.29) is 41.4 Å². The van der Waals surface area contributed by atoms with E-state index in [1.165, 1.54) is 0 Å². The molecule has 8 nitrogen and oxygen atoms in total. The average molecular weight is 586 g/mol. The van der Waals surface area contributed by atoms with Crippen LogP contribution in [0.25, 0.3) is 0 Å². The van der Waals surface area contributed by atoms with Crippen molar-refractivity contribution in [1.29, 1.82) is 5.26 Å². The van der Waals surface area contributed by atoms with E-state index in [9.17, 15) is 18.5 Å². The molecule has 1 saturated heterocycles. The molecule has 0 aromatic heterocycles. The van der Waals surface area contributed by atoms with E-state index in [4.69, 9.17) is 20.5 Å². The molecule has 2 fully saturated rings. The number of nitrogens with zero attached hydrogens (tertiary/aromatic N) is 3. The summed E-state index contributed by atoms with van der Waals surface area (Å²) in [5.41, 5.74) is 2.63. The Morgan fingerprint density at radius 1 is 1.07 bits per heavy atom. The molecule has 40 heavy (non-hydrogen) atoms. The molecule has 0 spiro atoms. The van der Waals surface area contributed by atoms with Gasteiger partial charge in [-0.15, -0.1) is 0 Å². The van der Waals surface area contributed by atoms with Gasteiger partial charge in [-0.05, 0) is 54.7 Å². The molecular formula is C30H36ClN3O5S. The van der Waals surface area contributed by atoms with Gasteiger partial charge in [0.15, 0.2) is 0 Å². The summed E-state index contributed by atoms with van der Waals surface area (Å²) in [7, 11) is -3.43. The van der Waals surface area contributed by atoms with E-state index >= 15 is 0 Å². The summed E-state index contributed by atoms with van der Waals surface area (Å²) in [6.07, 6.45) is 2.64. The number of amides is 1. The number of benzene rings is 2. The van der Waals surface area contributed by atoms with E-state index in [1.54, 1.807) is 18.2 Å². The fourth-order valence-electron chi connectivity index (χ4n) is 7.32. The summed E-state index contributed by atoms with van der Waals surface area (Å²) in [5, 5.41) is 9.54. The van der Waals surface area contributed by atoms with Crippen LogP contribution in [0.5, 0.6) is 5.75 Å².